The van der Waals surface area contributed by atoms with E-state index < -0.39 is 5.41 Å². The summed E-state index contributed by atoms with van der Waals surface area (Å²) in [6.07, 6.45) is 0. The number of fused-ring (bicyclic) bond motifs is 13. The molecule has 0 N–H and O–H groups in total. The first-order valence-electron chi connectivity index (χ1n) is 23.8. The van der Waals surface area contributed by atoms with Gasteiger partial charge in [-0.2, -0.15) is 0 Å². The van der Waals surface area contributed by atoms with Crippen LogP contribution in [0.25, 0.3) is 88.7 Å². The molecule has 322 valence electrons. The summed E-state index contributed by atoms with van der Waals surface area (Å²) in [6, 6.07) is 95.2. The van der Waals surface area contributed by atoms with Crippen molar-refractivity contribution >= 4 is 39.0 Å². The van der Waals surface area contributed by atoms with E-state index in [4.69, 9.17) is 4.42 Å². The van der Waals surface area contributed by atoms with Crippen LogP contribution >= 0.6 is 0 Å². The highest BCUT2D eigenvalue weighted by Gasteiger charge is 2.51. The molecule has 0 radical (unpaired) electrons. The molecule has 2 nitrogen and oxygen atoms in total. The maximum Gasteiger partial charge on any atom is 0.159 e. The van der Waals surface area contributed by atoms with Gasteiger partial charge < -0.3 is 9.32 Å². The number of rotatable bonds is 7. The monoisotopic (exact) mass is 877 g/mol. The van der Waals surface area contributed by atoms with Gasteiger partial charge in [0.05, 0.1) is 11.1 Å². The first-order valence-corrected chi connectivity index (χ1v) is 23.8. The summed E-state index contributed by atoms with van der Waals surface area (Å²) in [4.78, 5) is 2.34. The molecular formula is C67H43NO. The van der Waals surface area contributed by atoms with Crippen LogP contribution in [0.4, 0.5) is 17.1 Å². The largest absolute Gasteiger partial charge is 0.453 e. The van der Waals surface area contributed by atoms with Crippen LogP contribution < -0.4 is 4.90 Å². The third-order valence-electron chi connectivity index (χ3n) is 14.7. The number of furan rings is 1. The molecule has 14 rings (SSSR count). The average Bonchev–Trinajstić information content (AvgIpc) is 4.06. The van der Waals surface area contributed by atoms with Crippen LogP contribution in [0.3, 0.4) is 0 Å². The van der Waals surface area contributed by atoms with Crippen LogP contribution in [-0.2, 0) is 5.41 Å². The van der Waals surface area contributed by atoms with E-state index in [-0.39, 0.29) is 0 Å². The molecule has 11 aromatic carbocycles. The van der Waals surface area contributed by atoms with Gasteiger partial charge in [0, 0.05) is 27.7 Å². The standard InChI is InChI=1S/C67H43NO/c1-4-16-44(17-5-1)46-30-36-51(37-31-46)68(64-29-15-26-58-57-25-14-24-53(65(57)69-66(58)64)48-20-8-3-9-21-48)52-38-32-47(33-39-52)50-34-40-56-59-42-49(45-18-6-2-7-19-45)35-41-62(59)67(63(56)43-50)60-27-12-10-22-54(60)55-23-11-13-28-61(55)67/h1-43H. The summed E-state index contributed by atoms with van der Waals surface area (Å²) in [5, 5.41) is 2.19. The van der Waals surface area contributed by atoms with Gasteiger partial charge in [0.2, 0.25) is 0 Å². The molecule has 0 amide bonds. The molecular weight excluding hydrogens is 835 g/mol. The summed E-state index contributed by atoms with van der Waals surface area (Å²) in [7, 11) is 0. The average molecular weight is 878 g/mol. The van der Waals surface area contributed by atoms with Gasteiger partial charge in [0.1, 0.15) is 5.58 Å². The van der Waals surface area contributed by atoms with Crippen LogP contribution in [0.1, 0.15) is 22.3 Å². The minimum atomic E-state index is -0.447. The van der Waals surface area contributed by atoms with Crippen molar-refractivity contribution < 1.29 is 4.42 Å². The molecule has 1 aromatic heterocycles. The Hall–Kier alpha value is -8.98. The fourth-order valence-corrected chi connectivity index (χ4v) is 11.6. The highest BCUT2D eigenvalue weighted by molar-refractivity contribution is 6.13. The molecule has 0 unspecified atom stereocenters. The summed E-state index contributed by atoms with van der Waals surface area (Å²) >= 11 is 0. The molecule has 1 spiro atoms. The van der Waals surface area contributed by atoms with Crippen LogP contribution in [0, 0.1) is 0 Å². The zero-order chi connectivity index (χ0) is 45.5. The first kappa shape index (κ1) is 39.2. The number of hydrogen-bond donors (Lipinski definition) is 0. The molecule has 0 aliphatic heterocycles. The Morgan fingerprint density at radius 1 is 0.261 bits per heavy atom. The molecule has 12 aromatic rings. The zero-order valence-electron chi connectivity index (χ0n) is 37.7. The van der Waals surface area contributed by atoms with E-state index in [9.17, 15) is 0 Å². The molecule has 0 atom stereocenters. The van der Waals surface area contributed by atoms with E-state index in [1.807, 2.05) is 0 Å². The quantitative estimate of drug-likeness (QED) is 0.159. The Bertz CT molecular complexity index is 3880. The predicted molar refractivity (Wildman–Crippen MR) is 286 cm³/mol. The lowest BCUT2D eigenvalue weighted by atomic mass is 9.70. The third kappa shape index (κ3) is 5.99. The summed E-state index contributed by atoms with van der Waals surface area (Å²) in [6.45, 7) is 0. The van der Waals surface area contributed by atoms with Crippen molar-refractivity contribution in [3.8, 4) is 66.8 Å². The van der Waals surface area contributed by atoms with Gasteiger partial charge >= 0.3 is 0 Å². The Kier molecular flexibility index (Phi) is 8.84. The Morgan fingerprint density at radius 2 is 0.696 bits per heavy atom. The van der Waals surface area contributed by atoms with Gasteiger partial charge in [0.15, 0.2) is 5.58 Å². The topological polar surface area (TPSA) is 16.4 Å². The number of para-hydroxylation sites is 2. The van der Waals surface area contributed by atoms with Crippen LogP contribution in [0.5, 0.6) is 0 Å². The molecule has 2 aliphatic rings. The van der Waals surface area contributed by atoms with Gasteiger partial charge in [-0.25, -0.2) is 0 Å². The summed E-state index contributed by atoms with van der Waals surface area (Å²) in [5.41, 5.74) is 24.3. The maximum atomic E-state index is 7.04. The first-order chi connectivity index (χ1) is 34.2. The van der Waals surface area contributed by atoms with Crippen LogP contribution in [0.2, 0.25) is 0 Å². The Labute approximate surface area is 401 Å². The zero-order valence-corrected chi connectivity index (χ0v) is 37.7. The minimum Gasteiger partial charge on any atom is -0.453 e. The second-order valence-corrected chi connectivity index (χ2v) is 18.3. The number of benzene rings is 11. The van der Waals surface area contributed by atoms with E-state index in [1.165, 1.54) is 72.3 Å². The lowest BCUT2D eigenvalue weighted by Crippen LogP contribution is -2.25. The van der Waals surface area contributed by atoms with E-state index in [2.05, 4.69) is 266 Å². The molecule has 0 bridgehead atoms. The second-order valence-electron chi connectivity index (χ2n) is 18.3. The lowest BCUT2D eigenvalue weighted by Gasteiger charge is -2.31. The van der Waals surface area contributed by atoms with Gasteiger partial charge in [-0.1, -0.05) is 218 Å². The minimum absolute atomic E-state index is 0.447. The highest BCUT2D eigenvalue weighted by Crippen LogP contribution is 2.63. The Balaban J connectivity index is 0.923. The van der Waals surface area contributed by atoms with Crippen molar-refractivity contribution in [3.05, 3.63) is 283 Å². The predicted octanol–water partition coefficient (Wildman–Crippen LogP) is 18.1. The lowest BCUT2D eigenvalue weighted by molar-refractivity contribution is 0.670. The van der Waals surface area contributed by atoms with E-state index >= 15 is 0 Å². The molecule has 0 saturated carbocycles. The molecule has 1 heterocycles. The van der Waals surface area contributed by atoms with Crippen molar-refractivity contribution in [1.82, 2.24) is 0 Å². The maximum absolute atomic E-state index is 7.04. The highest BCUT2D eigenvalue weighted by atomic mass is 16.3. The van der Waals surface area contributed by atoms with Crippen molar-refractivity contribution in [2.75, 3.05) is 4.90 Å². The van der Waals surface area contributed by atoms with Gasteiger partial charge in [-0.05, 0) is 126 Å². The van der Waals surface area contributed by atoms with Crippen molar-refractivity contribution in [3.63, 3.8) is 0 Å². The van der Waals surface area contributed by atoms with Crippen LogP contribution in [0.15, 0.2) is 265 Å². The van der Waals surface area contributed by atoms with E-state index in [0.29, 0.717) is 0 Å². The fraction of sp³-hybridized carbons (Fsp3) is 0.0149. The van der Waals surface area contributed by atoms with Crippen molar-refractivity contribution in [2.45, 2.75) is 5.41 Å². The van der Waals surface area contributed by atoms with Crippen molar-refractivity contribution in [2.24, 2.45) is 0 Å². The SMILES string of the molecule is c1ccc(-c2ccc(N(c3ccc(-c4ccc5c(c4)C4(c6ccccc6-c6ccccc64)c4ccc(-c6ccccc6)cc4-5)cc3)c3cccc4c3oc3c(-c5ccccc5)cccc34)cc2)cc1. The normalized spacial score (nSPS) is 12.8. The van der Waals surface area contributed by atoms with E-state index in [1.54, 1.807) is 0 Å². The van der Waals surface area contributed by atoms with Gasteiger partial charge in [-0.3, -0.25) is 0 Å². The molecule has 2 aliphatic carbocycles. The fourth-order valence-electron chi connectivity index (χ4n) is 11.6. The molecule has 69 heavy (non-hydrogen) atoms. The number of nitrogens with zero attached hydrogens (tertiary/aromatic N) is 1. The third-order valence-corrected chi connectivity index (χ3v) is 14.7. The van der Waals surface area contributed by atoms with Crippen LogP contribution in [-0.4, -0.2) is 0 Å². The number of anilines is 3. The number of hydrogen-bond acceptors (Lipinski definition) is 2. The van der Waals surface area contributed by atoms with Gasteiger partial charge in [0.25, 0.3) is 0 Å². The molecule has 0 fully saturated rings. The van der Waals surface area contributed by atoms with E-state index in [0.717, 1.165) is 55.7 Å². The van der Waals surface area contributed by atoms with Gasteiger partial charge in [-0.15, -0.1) is 0 Å². The Morgan fingerprint density at radius 3 is 1.33 bits per heavy atom. The summed E-state index contributed by atoms with van der Waals surface area (Å²) in [5.74, 6) is 0. The second kappa shape index (κ2) is 15.6. The smallest absolute Gasteiger partial charge is 0.159 e. The van der Waals surface area contributed by atoms with Crippen molar-refractivity contribution in [1.29, 1.82) is 0 Å². The molecule has 0 saturated heterocycles. The summed E-state index contributed by atoms with van der Waals surface area (Å²) < 4.78 is 7.04. The molecule has 2 heteroatoms.